The van der Waals surface area contributed by atoms with Crippen molar-refractivity contribution >= 4 is 23.1 Å². The van der Waals surface area contributed by atoms with E-state index in [0.29, 0.717) is 11.5 Å². The number of aromatic nitrogens is 2. The number of nitrogens with zero attached hydrogens (tertiary/aromatic N) is 3. The molecule has 0 aliphatic carbocycles. The SMILES string of the molecule is CC(c1cccs1)N(C)C(=O)c1cnc(NN)cn1. The van der Waals surface area contributed by atoms with Gasteiger partial charge in [-0.15, -0.1) is 11.3 Å². The maximum absolute atomic E-state index is 12.3. The molecule has 0 fully saturated rings. The molecule has 7 heteroatoms. The van der Waals surface area contributed by atoms with Crippen LogP contribution in [0.1, 0.15) is 28.3 Å². The molecule has 0 aliphatic heterocycles. The van der Waals surface area contributed by atoms with Crippen LogP contribution in [0.2, 0.25) is 0 Å². The topological polar surface area (TPSA) is 84.1 Å². The number of hydrogen-bond donors (Lipinski definition) is 2. The number of nitrogens with two attached hydrogens (primary N) is 1. The van der Waals surface area contributed by atoms with Gasteiger partial charge in [0.1, 0.15) is 5.69 Å². The average molecular weight is 277 g/mol. The second-order valence-electron chi connectivity index (χ2n) is 4.04. The zero-order valence-electron chi connectivity index (χ0n) is 10.7. The van der Waals surface area contributed by atoms with Gasteiger partial charge >= 0.3 is 0 Å². The number of hydrogen-bond acceptors (Lipinski definition) is 6. The van der Waals surface area contributed by atoms with Gasteiger partial charge in [0.2, 0.25) is 0 Å². The number of hydrazine groups is 1. The zero-order valence-corrected chi connectivity index (χ0v) is 11.5. The summed E-state index contributed by atoms with van der Waals surface area (Å²) in [6.07, 6.45) is 2.84. The molecule has 0 saturated carbocycles. The minimum Gasteiger partial charge on any atom is -0.333 e. The highest BCUT2D eigenvalue weighted by molar-refractivity contribution is 7.10. The van der Waals surface area contributed by atoms with E-state index in [1.54, 1.807) is 23.3 Å². The van der Waals surface area contributed by atoms with Gasteiger partial charge in [-0.3, -0.25) is 4.79 Å². The normalized spacial score (nSPS) is 11.9. The Balaban J connectivity index is 2.14. The third kappa shape index (κ3) is 2.88. The third-order valence-electron chi connectivity index (χ3n) is 2.88. The molecule has 0 aromatic carbocycles. The molecule has 100 valence electrons. The number of rotatable bonds is 4. The molecule has 2 rings (SSSR count). The molecule has 1 atom stereocenters. The van der Waals surface area contributed by atoms with Gasteiger partial charge in [-0.1, -0.05) is 6.07 Å². The summed E-state index contributed by atoms with van der Waals surface area (Å²) in [4.78, 5) is 23.1. The molecule has 2 aromatic rings. The monoisotopic (exact) mass is 277 g/mol. The maximum atomic E-state index is 12.3. The first-order valence-electron chi connectivity index (χ1n) is 5.72. The Morgan fingerprint density at radius 3 is 2.79 bits per heavy atom. The van der Waals surface area contributed by atoms with E-state index in [1.807, 2.05) is 24.4 Å². The maximum Gasteiger partial charge on any atom is 0.274 e. The lowest BCUT2D eigenvalue weighted by molar-refractivity contribution is 0.0738. The first-order chi connectivity index (χ1) is 9.13. The molecule has 6 nitrogen and oxygen atoms in total. The Morgan fingerprint density at radius 1 is 1.47 bits per heavy atom. The quantitative estimate of drug-likeness (QED) is 0.656. The summed E-state index contributed by atoms with van der Waals surface area (Å²) >= 11 is 1.62. The third-order valence-corrected chi connectivity index (χ3v) is 3.92. The van der Waals surface area contributed by atoms with Crippen molar-refractivity contribution < 1.29 is 4.79 Å². The van der Waals surface area contributed by atoms with Crippen molar-refractivity contribution in [2.45, 2.75) is 13.0 Å². The van der Waals surface area contributed by atoms with Gasteiger partial charge < -0.3 is 10.3 Å². The van der Waals surface area contributed by atoms with E-state index < -0.39 is 0 Å². The fraction of sp³-hybridized carbons (Fsp3) is 0.250. The molecule has 1 amide bonds. The Bertz CT molecular complexity index is 540. The fourth-order valence-electron chi connectivity index (χ4n) is 1.59. The van der Waals surface area contributed by atoms with E-state index in [0.717, 1.165) is 4.88 Å². The molecule has 0 saturated heterocycles. The van der Waals surface area contributed by atoms with Gasteiger partial charge in [-0.05, 0) is 18.4 Å². The summed E-state index contributed by atoms with van der Waals surface area (Å²) in [5, 5.41) is 1.99. The number of amides is 1. The first kappa shape index (κ1) is 13.4. The van der Waals surface area contributed by atoms with E-state index >= 15 is 0 Å². The molecule has 0 aliphatic rings. The van der Waals surface area contributed by atoms with E-state index in [2.05, 4.69) is 15.4 Å². The van der Waals surface area contributed by atoms with Crippen LogP contribution in [0, 0.1) is 0 Å². The zero-order chi connectivity index (χ0) is 13.8. The Labute approximate surface area is 115 Å². The van der Waals surface area contributed by atoms with Crippen LogP contribution >= 0.6 is 11.3 Å². The summed E-state index contributed by atoms with van der Waals surface area (Å²) in [7, 11) is 1.75. The number of anilines is 1. The molecule has 2 aromatic heterocycles. The highest BCUT2D eigenvalue weighted by Gasteiger charge is 2.20. The van der Waals surface area contributed by atoms with Crippen molar-refractivity contribution in [3.05, 3.63) is 40.5 Å². The van der Waals surface area contributed by atoms with Gasteiger partial charge in [0.05, 0.1) is 18.4 Å². The summed E-state index contributed by atoms with van der Waals surface area (Å²) in [5.74, 6) is 5.45. The smallest absolute Gasteiger partial charge is 0.274 e. The van der Waals surface area contributed by atoms with Crippen molar-refractivity contribution in [2.24, 2.45) is 5.84 Å². The van der Waals surface area contributed by atoms with E-state index in [1.165, 1.54) is 12.4 Å². The number of nitrogen functional groups attached to an aromatic ring is 1. The molecule has 2 heterocycles. The molecule has 0 bridgehead atoms. The van der Waals surface area contributed by atoms with Crippen molar-refractivity contribution in [3.8, 4) is 0 Å². The van der Waals surface area contributed by atoms with Gasteiger partial charge in [-0.2, -0.15) is 0 Å². The molecular weight excluding hydrogens is 262 g/mol. The summed E-state index contributed by atoms with van der Waals surface area (Å²) in [6.45, 7) is 1.98. The average Bonchev–Trinajstić information content (AvgIpc) is 2.99. The van der Waals surface area contributed by atoms with Gasteiger partial charge in [0.25, 0.3) is 5.91 Å². The molecule has 1 unspecified atom stereocenters. The highest BCUT2D eigenvalue weighted by Crippen LogP contribution is 2.24. The number of carbonyl (C=O) groups excluding carboxylic acids is 1. The Kier molecular flexibility index (Phi) is 4.08. The lowest BCUT2D eigenvalue weighted by atomic mass is 10.2. The molecule has 0 radical (unpaired) electrons. The van der Waals surface area contributed by atoms with Crippen LogP contribution in [0.4, 0.5) is 5.82 Å². The summed E-state index contributed by atoms with van der Waals surface area (Å²) < 4.78 is 0. The van der Waals surface area contributed by atoms with Crippen LogP contribution < -0.4 is 11.3 Å². The largest absolute Gasteiger partial charge is 0.333 e. The standard InChI is InChI=1S/C12H15N5OS/c1-8(10-4-3-5-19-10)17(2)12(18)9-6-15-11(16-13)7-14-9/h3-8H,13H2,1-2H3,(H,15,16). The van der Waals surface area contributed by atoms with Crippen LogP contribution in [0.3, 0.4) is 0 Å². The fourth-order valence-corrected chi connectivity index (χ4v) is 2.42. The Morgan fingerprint density at radius 2 is 2.26 bits per heavy atom. The van der Waals surface area contributed by atoms with Crippen LogP contribution in [-0.2, 0) is 0 Å². The van der Waals surface area contributed by atoms with Gasteiger partial charge in [0.15, 0.2) is 5.82 Å². The van der Waals surface area contributed by atoms with Gasteiger partial charge in [-0.25, -0.2) is 15.8 Å². The predicted octanol–water partition coefficient (Wildman–Crippen LogP) is 1.66. The number of nitrogens with one attached hydrogen (secondary N) is 1. The lowest BCUT2D eigenvalue weighted by Gasteiger charge is -2.23. The molecule has 0 spiro atoms. The van der Waals surface area contributed by atoms with Gasteiger partial charge in [0, 0.05) is 11.9 Å². The second kappa shape index (κ2) is 5.77. The minimum absolute atomic E-state index is 0.00149. The predicted molar refractivity (Wildman–Crippen MR) is 74.7 cm³/mol. The van der Waals surface area contributed by atoms with E-state index in [9.17, 15) is 4.79 Å². The minimum atomic E-state index is -0.169. The highest BCUT2D eigenvalue weighted by atomic mass is 32.1. The summed E-state index contributed by atoms with van der Waals surface area (Å²) in [5.41, 5.74) is 2.67. The number of carbonyl (C=O) groups is 1. The van der Waals surface area contributed by atoms with Crippen molar-refractivity contribution in [1.29, 1.82) is 0 Å². The number of thiophene rings is 1. The van der Waals surface area contributed by atoms with Crippen molar-refractivity contribution in [3.63, 3.8) is 0 Å². The molecular formula is C12H15N5OS. The van der Waals surface area contributed by atoms with Crippen molar-refractivity contribution in [1.82, 2.24) is 14.9 Å². The lowest BCUT2D eigenvalue weighted by Crippen LogP contribution is -2.30. The first-order valence-corrected chi connectivity index (χ1v) is 6.60. The molecule has 19 heavy (non-hydrogen) atoms. The van der Waals surface area contributed by atoms with Crippen LogP contribution in [0.15, 0.2) is 29.9 Å². The second-order valence-corrected chi connectivity index (χ2v) is 5.02. The van der Waals surface area contributed by atoms with Crippen molar-refractivity contribution in [2.75, 3.05) is 12.5 Å². The van der Waals surface area contributed by atoms with E-state index in [-0.39, 0.29) is 11.9 Å². The van der Waals surface area contributed by atoms with Crippen LogP contribution in [0.25, 0.3) is 0 Å². The Hall–Kier alpha value is -1.99. The molecule has 3 N–H and O–H groups in total. The summed E-state index contributed by atoms with van der Waals surface area (Å²) in [6, 6.07) is 3.98. The van der Waals surface area contributed by atoms with Crippen LogP contribution in [-0.4, -0.2) is 27.8 Å². The van der Waals surface area contributed by atoms with Crippen LogP contribution in [0.5, 0.6) is 0 Å². The van der Waals surface area contributed by atoms with E-state index in [4.69, 9.17) is 5.84 Å².